The van der Waals surface area contributed by atoms with Gasteiger partial charge in [-0.15, -0.1) is 0 Å². The van der Waals surface area contributed by atoms with Crippen LogP contribution in [0.1, 0.15) is 0 Å². The minimum absolute atomic E-state index is 0.659. The molecule has 8 aromatic carbocycles. The minimum atomic E-state index is 0.659. The van der Waals surface area contributed by atoms with E-state index >= 15 is 0 Å². The predicted octanol–water partition coefficient (Wildman–Crippen LogP) is 13.8. The molecule has 0 radical (unpaired) electrons. The Morgan fingerprint density at radius 3 is 1.79 bits per heavy atom. The first kappa shape index (κ1) is 31.9. The molecule has 262 valence electrons. The Kier molecular flexibility index (Phi) is 7.46. The van der Waals surface area contributed by atoms with Crippen LogP contribution in [0.3, 0.4) is 0 Å². The zero-order valence-electron chi connectivity index (χ0n) is 30.3. The topological polar surface area (TPSA) is 43.9 Å². The van der Waals surface area contributed by atoms with Crippen LogP contribution in [0.2, 0.25) is 0 Å². The lowest BCUT2D eigenvalue weighted by molar-refractivity contribution is 0.667. The first-order valence-electron chi connectivity index (χ1n) is 18.9. The Hall–Kier alpha value is -7.56. The molecule has 0 bridgehead atoms. The van der Waals surface area contributed by atoms with Gasteiger partial charge in [0.2, 0.25) is 0 Å². The van der Waals surface area contributed by atoms with Gasteiger partial charge in [0, 0.05) is 27.6 Å². The number of hydrogen-bond acceptors (Lipinski definition) is 3. The van der Waals surface area contributed by atoms with Crippen molar-refractivity contribution in [2.75, 3.05) is 0 Å². The standard InChI is InChI=1S/C52H33N3O/c1-4-15-34(16-5-1)36-19-13-22-40(32-36)49-51-50(54-52(53-49)35-17-6-2-7-18-35)48-42(26-14-28-47(48)56-51)39-21-12-20-37(31-39)38-29-30-44-43-25-10-11-27-45(43)55(46(44)33-38)41-23-8-3-9-24-41/h1-33H. The zero-order chi connectivity index (χ0) is 37.0. The molecule has 11 rings (SSSR count). The van der Waals surface area contributed by atoms with Gasteiger partial charge in [-0.2, -0.15) is 0 Å². The molecule has 11 aromatic rings. The van der Waals surface area contributed by atoms with Gasteiger partial charge in [0.25, 0.3) is 0 Å². The maximum atomic E-state index is 6.76. The average Bonchev–Trinajstić information content (AvgIpc) is 3.83. The first-order valence-corrected chi connectivity index (χ1v) is 18.9. The van der Waals surface area contributed by atoms with E-state index in [0.717, 1.165) is 72.4 Å². The van der Waals surface area contributed by atoms with Crippen molar-refractivity contribution in [3.8, 4) is 61.7 Å². The molecule has 0 aliphatic rings. The number of para-hydroxylation sites is 2. The van der Waals surface area contributed by atoms with Gasteiger partial charge in [0.1, 0.15) is 16.8 Å². The summed E-state index contributed by atoms with van der Waals surface area (Å²) >= 11 is 0. The van der Waals surface area contributed by atoms with Crippen LogP contribution in [0, 0.1) is 0 Å². The molecule has 3 aromatic heterocycles. The van der Waals surface area contributed by atoms with Crippen LogP contribution in [0.15, 0.2) is 205 Å². The summed E-state index contributed by atoms with van der Waals surface area (Å²) in [4.78, 5) is 10.4. The van der Waals surface area contributed by atoms with Crippen molar-refractivity contribution in [3.63, 3.8) is 0 Å². The van der Waals surface area contributed by atoms with E-state index in [1.165, 1.54) is 21.8 Å². The van der Waals surface area contributed by atoms with Crippen molar-refractivity contribution in [2.24, 2.45) is 0 Å². The van der Waals surface area contributed by atoms with Crippen molar-refractivity contribution in [3.05, 3.63) is 200 Å². The molecule has 0 N–H and O–H groups in total. The lowest BCUT2D eigenvalue weighted by Crippen LogP contribution is -1.94. The van der Waals surface area contributed by atoms with Crippen LogP contribution in [0.25, 0.3) is 106 Å². The molecule has 0 amide bonds. The molecule has 56 heavy (non-hydrogen) atoms. The highest BCUT2D eigenvalue weighted by Crippen LogP contribution is 2.42. The van der Waals surface area contributed by atoms with Crippen LogP contribution in [0.5, 0.6) is 0 Å². The largest absolute Gasteiger partial charge is 0.452 e. The summed E-state index contributed by atoms with van der Waals surface area (Å²) in [6.45, 7) is 0. The van der Waals surface area contributed by atoms with Crippen molar-refractivity contribution in [2.45, 2.75) is 0 Å². The van der Waals surface area contributed by atoms with Crippen LogP contribution in [-0.2, 0) is 0 Å². The third kappa shape index (κ3) is 5.31. The Morgan fingerprint density at radius 1 is 0.393 bits per heavy atom. The Morgan fingerprint density at radius 2 is 0.982 bits per heavy atom. The summed E-state index contributed by atoms with van der Waals surface area (Å²) in [5.41, 5.74) is 15.2. The Balaban J connectivity index is 1.10. The van der Waals surface area contributed by atoms with E-state index < -0.39 is 0 Å². The number of fused-ring (bicyclic) bond motifs is 6. The number of aromatic nitrogens is 3. The molecule has 3 heterocycles. The molecule has 0 saturated carbocycles. The van der Waals surface area contributed by atoms with Gasteiger partial charge >= 0.3 is 0 Å². The predicted molar refractivity (Wildman–Crippen MR) is 231 cm³/mol. The molecule has 0 spiro atoms. The lowest BCUT2D eigenvalue weighted by Gasteiger charge is -2.10. The van der Waals surface area contributed by atoms with Crippen LogP contribution < -0.4 is 0 Å². The summed E-state index contributed by atoms with van der Waals surface area (Å²) < 4.78 is 9.12. The smallest absolute Gasteiger partial charge is 0.180 e. The van der Waals surface area contributed by atoms with Gasteiger partial charge in [-0.1, -0.05) is 158 Å². The SMILES string of the molecule is c1ccc(-c2cccc(-c3nc(-c4ccccc4)nc4c3oc3cccc(-c5cccc(-c6ccc7c8ccccc8n(-c8ccccc8)c7c6)c5)c34)c2)cc1. The molecule has 0 atom stereocenters. The quantitative estimate of drug-likeness (QED) is 0.172. The second kappa shape index (κ2) is 13.1. The van der Waals surface area contributed by atoms with Crippen molar-refractivity contribution < 1.29 is 4.42 Å². The highest BCUT2D eigenvalue weighted by Gasteiger charge is 2.21. The van der Waals surface area contributed by atoms with Gasteiger partial charge < -0.3 is 8.98 Å². The number of rotatable bonds is 6. The zero-order valence-corrected chi connectivity index (χ0v) is 30.3. The van der Waals surface area contributed by atoms with Crippen molar-refractivity contribution in [1.82, 2.24) is 14.5 Å². The molecule has 0 saturated heterocycles. The summed E-state index contributed by atoms with van der Waals surface area (Å²) in [6, 6.07) is 70.3. The maximum Gasteiger partial charge on any atom is 0.180 e. The van der Waals surface area contributed by atoms with E-state index in [1.807, 2.05) is 30.3 Å². The van der Waals surface area contributed by atoms with Gasteiger partial charge in [-0.25, -0.2) is 9.97 Å². The second-order valence-electron chi connectivity index (χ2n) is 14.2. The second-order valence-corrected chi connectivity index (χ2v) is 14.2. The summed E-state index contributed by atoms with van der Waals surface area (Å²) in [5, 5.41) is 3.45. The molecule has 4 heteroatoms. The van der Waals surface area contributed by atoms with E-state index in [-0.39, 0.29) is 0 Å². The average molecular weight is 716 g/mol. The molecule has 0 fully saturated rings. The molecule has 4 nitrogen and oxygen atoms in total. The fraction of sp³-hybridized carbons (Fsp3) is 0. The normalized spacial score (nSPS) is 11.6. The number of nitrogens with zero attached hydrogens (tertiary/aromatic N) is 3. The number of benzene rings is 8. The number of hydrogen-bond donors (Lipinski definition) is 0. The maximum absolute atomic E-state index is 6.76. The fourth-order valence-corrected chi connectivity index (χ4v) is 8.19. The first-order chi connectivity index (χ1) is 27.8. The summed E-state index contributed by atoms with van der Waals surface area (Å²) in [6.07, 6.45) is 0. The summed E-state index contributed by atoms with van der Waals surface area (Å²) in [7, 11) is 0. The summed E-state index contributed by atoms with van der Waals surface area (Å²) in [5.74, 6) is 0.659. The molecular weight excluding hydrogens is 683 g/mol. The van der Waals surface area contributed by atoms with Crippen molar-refractivity contribution in [1.29, 1.82) is 0 Å². The molecule has 0 aliphatic heterocycles. The van der Waals surface area contributed by atoms with E-state index in [9.17, 15) is 0 Å². The monoisotopic (exact) mass is 715 g/mol. The van der Waals surface area contributed by atoms with E-state index in [2.05, 4.69) is 174 Å². The van der Waals surface area contributed by atoms with Gasteiger partial charge in [0.05, 0.1) is 16.4 Å². The van der Waals surface area contributed by atoms with Gasteiger partial charge in [0.15, 0.2) is 11.4 Å². The van der Waals surface area contributed by atoms with Crippen LogP contribution >= 0.6 is 0 Å². The Labute approximate surface area is 323 Å². The fourth-order valence-electron chi connectivity index (χ4n) is 8.19. The minimum Gasteiger partial charge on any atom is -0.452 e. The van der Waals surface area contributed by atoms with Gasteiger partial charge in [-0.3, -0.25) is 0 Å². The van der Waals surface area contributed by atoms with E-state index in [4.69, 9.17) is 14.4 Å². The van der Waals surface area contributed by atoms with Crippen LogP contribution in [0.4, 0.5) is 0 Å². The Bertz CT molecular complexity index is 3240. The third-order valence-corrected chi connectivity index (χ3v) is 10.8. The van der Waals surface area contributed by atoms with Gasteiger partial charge in [-0.05, 0) is 75.8 Å². The van der Waals surface area contributed by atoms with E-state index in [1.54, 1.807) is 0 Å². The van der Waals surface area contributed by atoms with E-state index in [0.29, 0.717) is 11.4 Å². The molecular formula is C52H33N3O. The van der Waals surface area contributed by atoms with Crippen LogP contribution in [-0.4, -0.2) is 14.5 Å². The highest BCUT2D eigenvalue weighted by atomic mass is 16.3. The lowest BCUT2D eigenvalue weighted by atomic mass is 9.96. The molecule has 0 aliphatic carbocycles. The number of furan rings is 1. The highest BCUT2D eigenvalue weighted by molar-refractivity contribution is 6.14. The van der Waals surface area contributed by atoms with Crippen molar-refractivity contribution >= 4 is 43.9 Å². The molecule has 0 unspecified atom stereocenters. The third-order valence-electron chi connectivity index (χ3n) is 10.8.